The van der Waals surface area contributed by atoms with Crippen molar-refractivity contribution in [2.75, 3.05) is 18.4 Å². The van der Waals surface area contributed by atoms with Crippen LogP contribution < -0.4 is 5.32 Å². The standard InChI is InChI=1S/C20H22N2O2S/c23-19(16-4-2-9-22(12-16)20(24)14-6-7-14)21-18-5-1-3-15(11-18)17-8-10-25-13-17/h1,3,5,8,10-11,13-14,16H,2,4,6-7,9,12H2,(H,21,23). The van der Waals surface area contributed by atoms with Gasteiger partial charge in [-0.3, -0.25) is 9.59 Å². The number of carbonyl (C=O) groups excluding carboxylic acids is 2. The molecular formula is C20H22N2O2S. The topological polar surface area (TPSA) is 49.4 Å². The minimum Gasteiger partial charge on any atom is -0.342 e. The molecule has 5 heteroatoms. The average Bonchev–Trinajstić information content (AvgIpc) is 3.35. The number of hydrogen-bond acceptors (Lipinski definition) is 3. The number of carbonyl (C=O) groups is 2. The first-order chi connectivity index (χ1) is 12.2. The summed E-state index contributed by atoms with van der Waals surface area (Å²) in [7, 11) is 0. The van der Waals surface area contributed by atoms with Gasteiger partial charge in [0.25, 0.3) is 0 Å². The highest BCUT2D eigenvalue weighted by Gasteiger charge is 2.36. The summed E-state index contributed by atoms with van der Waals surface area (Å²) in [6, 6.07) is 10.0. The summed E-state index contributed by atoms with van der Waals surface area (Å²) in [6.45, 7) is 1.36. The second kappa shape index (κ2) is 7.00. The van der Waals surface area contributed by atoms with E-state index in [4.69, 9.17) is 0 Å². The summed E-state index contributed by atoms with van der Waals surface area (Å²) >= 11 is 1.66. The Bertz CT molecular complexity index is 768. The van der Waals surface area contributed by atoms with E-state index < -0.39 is 0 Å². The van der Waals surface area contributed by atoms with Gasteiger partial charge >= 0.3 is 0 Å². The van der Waals surface area contributed by atoms with Crippen LogP contribution in [0.4, 0.5) is 5.69 Å². The van der Waals surface area contributed by atoms with Crippen LogP contribution in [0.2, 0.25) is 0 Å². The van der Waals surface area contributed by atoms with Crippen molar-refractivity contribution in [2.45, 2.75) is 25.7 Å². The Kier molecular flexibility index (Phi) is 4.57. The van der Waals surface area contributed by atoms with Crippen LogP contribution in [0.1, 0.15) is 25.7 Å². The molecule has 1 N–H and O–H groups in total. The summed E-state index contributed by atoms with van der Waals surface area (Å²) in [5.74, 6) is 0.387. The van der Waals surface area contributed by atoms with E-state index in [0.717, 1.165) is 43.5 Å². The van der Waals surface area contributed by atoms with E-state index in [1.165, 1.54) is 5.56 Å². The quantitative estimate of drug-likeness (QED) is 0.902. The molecule has 1 saturated carbocycles. The number of rotatable bonds is 4. The number of likely N-dealkylation sites (tertiary alicyclic amines) is 1. The lowest BCUT2D eigenvalue weighted by atomic mass is 9.96. The molecule has 2 fully saturated rings. The van der Waals surface area contributed by atoms with Crippen molar-refractivity contribution in [3.8, 4) is 11.1 Å². The monoisotopic (exact) mass is 354 g/mol. The first kappa shape index (κ1) is 16.3. The maximum Gasteiger partial charge on any atom is 0.229 e. The van der Waals surface area contributed by atoms with Gasteiger partial charge in [0, 0.05) is 24.7 Å². The smallest absolute Gasteiger partial charge is 0.229 e. The molecule has 25 heavy (non-hydrogen) atoms. The number of nitrogens with zero attached hydrogens (tertiary/aromatic N) is 1. The molecule has 1 aliphatic carbocycles. The van der Waals surface area contributed by atoms with Gasteiger partial charge in [0.1, 0.15) is 0 Å². The fraction of sp³-hybridized carbons (Fsp3) is 0.400. The fourth-order valence-corrected chi connectivity index (χ4v) is 4.09. The van der Waals surface area contributed by atoms with E-state index in [0.29, 0.717) is 6.54 Å². The van der Waals surface area contributed by atoms with Crippen LogP contribution in [0.3, 0.4) is 0 Å². The molecule has 4 nitrogen and oxygen atoms in total. The van der Waals surface area contributed by atoms with Gasteiger partial charge in [-0.2, -0.15) is 11.3 Å². The summed E-state index contributed by atoms with van der Waals surface area (Å²) in [6.07, 6.45) is 3.79. The second-order valence-electron chi connectivity index (χ2n) is 6.98. The van der Waals surface area contributed by atoms with Crippen LogP contribution in [0.15, 0.2) is 41.1 Å². The number of anilines is 1. The van der Waals surface area contributed by atoms with Crippen LogP contribution in [0.25, 0.3) is 11.1 Å². The van der Waals surface area contributed by atoms with E-state index in [2.05, 4.69) is 16.8 Å². The Balaban J connectivity index is 1.41. The molecule has 1 aromatic heterocycles. The van der Waals surface area contributed by atoms with Gasteiger partial charge < -0.3 is 10.2 Å². The Labute approximate surface area is 151 Å². The Hall–Kier alpha value is -2.14. The number of thiophene rings is 1. The van der Waals surface area contributed by atoms with Crippen molar-refractivity contribution in [2.24, 2.45) is 11.8 Å². The highest BCUT2D eigenvalue weighted by Crippen LogP contribution is 2.33. The zero-order valence-electron chi connectivity index (χ0n) is 14.1. The third-order valence-corrected chi connectivity index (χ3v) is 5.70. The first-order valence-electron chi connectivity index (χ1n) is 8.93. The molecule has 0 radical (unpaired) electrons. The highest BCUT2D eigenvalue weighted by atomic mass is 32.1. The van der Waals surface area contributed by atoms with Crippen molar-refractivity contribution in [3.05, 3.63) is 41.1 Å². The number of benzene rings is 1. The molecule has 2 aromatic rings. The van der Waals surface area contributed by atoms with E-state index in [1.807, 2.05) is 34.5 Å². The maximum absolute atomic E-state index is 12.7. The Morgan fingerprint density at radius 1 is 1.08 bits per heavy atom. The number of nitrogens with one attached hydrogen (secondary N) is 1. The first-order valence-corrected chi connectivity index (χ1v) is 9.87. The zero-order valence-corrected chi connectivity index (χ0v) is 14.9. The van der Waals surface area contributed by atoms with Crippen LogP contribution in [-0.4, -0.2) is 29.8 Å². The SMILES string of the molecule is O=C(Nc1cccc(-c2ccsc2)c1)C1CCCN(C(=O)C2CC2)C1. The minimum absolute atomic E-state index is 0.0239. The van der Waals surface area contributed by atoms with Gasteiger partial charge in [0.05, 0.1) is 5.92 Å². The van der Waals surface area contributed by atoms with Gasteiger partial charge in [-0.05, 0) is 65.8 Å². The second-order valence-corrected chi connectivity index (χ2v) is 7.76. The lowest BCUT2D eigenvalue weighted by Gasteiger charge is -2.32. The molecule has 2 aliphatic rings. The summed E-state index contributed by atoms with van der Waals surface area (Å²) < 4.78 is 0. The Morgan fingerprint density at radius 3 is 2.72 bits per heavy atom. The number of hydrogen-bond donors (Lipinski definition) is 1. The van der Waals surface area contributed by atoms with Gasteiger partial charge in [-0.15, -0.1) is 0 Å². The van der Waals surface area contributed by atoms with Crippen molar-refractivity contribution < 1.29 is 9.59 Å². The molecule has 1 saturated heterocycles. The van der Waals surface area contributed by atoms with E-state index in [1.54, 1.807) is 11.3 Å². The lowest BCUT2D eigenvalue weighted by molar-refractivity contribution is -0.135. The van der Waals surface area contributed by atoms with Gasteiger partial charge in [0.2, 0.25) is 11.8 Å². The average molecular weight is 354 g/mol. The normalized spacial score (nSPS) is 20.3. The van der Waals surface area contributed by atoms with E-state index in [-0.39, 0.29) is 23.7 Å². The predicted octanol–water partition coefficient (Wildman–Crippen LogP) is 4.00. The number of piperidine rings is 1. The molecule has 1 unspecified atom stereocenters. The predicted molar refractivity (Wildman–Crippen MR) is 100 cm³/mol. The van der Waals surface area contributed by atoms with Crippen molar-refractivity contribution in [3.63, 3.8) is 0 Å². The molecule has 130 valence electrons. The summed E-state index contributed by atoms with van der Waals surface area (Å²) in [5.41, 5.74) is 3.09. The van der Waals surface area contributed by atoms with Crippen molar-refractivity contribution >= 4 is 28.8 Å². The van der Waals surface area contributed by atoms with Crippen LogP contribution in [0.5, 0.6) is 0 Å². The van der Waals surface area contributed by atoms with Gasteiger partial charge in [0.15, 0.2) is 0 Å². The lowest BCUT2D eigenvalue weighted by Crippen LogP contribution is -2.44. The number of amides is 2. The molecule has 4 rings (SSSR count). The molecule has 1 aromatic carbocycles. The molecule has 1 atom stereocenters. The van der Waals surface area contributed by atoms with Crippen LogP contribution >= 0.6 is 11.3 Å². The third kappa shape index (κ3) is 3.76. The van der Waals surface area contributed by atoms with E-state index >= 15 is 0 Å². The molecule has 0 spiro atoms. The van der Waals surface area contributed by atoms with Gasteiger partial charge in [-0.25, -0.2) is 0 Å². The largest absolute Gasteiger partial charge is 0.342 e. The zero-order chi connectivity index (χ0) is 17.2. The molecule has 2 amide bonds. The van der Waals surface area contributed by atoms with Gasteiger partial charge in [-0.1, -0.05) is 12.1 Å². The highest BCUT2D eigenvalue weighted by molar-refractivity contribution is 7.08. The summed E-state index contributed by atoms with van der Waals surface area (Å²) in [4.78, 5) is 26.8. The molecule has 2 heterocycles. The molecule has 0 bridgehead atoms. The summed E-state index contributed by atoms with van der Waals surface area (Å²) in [5, 5.41) is 7.20. The fourth-order valence-electron chi connectivity index (χ4n) is 3.43. The third-order valence-electron chi connectivity index (χ3n) is 5.02. The van der Waals surface area contributed by atoms with Crippen molar-refractivity contribution in [1.82, 2.24) is 4.90 Å². The van der Waals surface area contributed by atoms with Crippen LogP contribution in [-0.2, 0) is 9.59 Å². The van der Waals surface area contributed by atoms with Crippen LogP contribution in [0, 0.1) is 11.8 Å². The minimum atomic E-state index is -0.110. The Morgan fingerprint density at radius 2 is 1.96 bits per heavy atom. The molecule has 1 aliphatic heterocycles. The molecular weight excluding hydrogens is 332 g/mol. The van der Waals surface area contributed by atoms with E-state index in [9.17, 15) is 9.59 Å². The maximum atomic E-state index is 12.7. The van der Waals surface area contributed by atoms with Crippen molar-refractivity contribution in [1.29, 1.82) is 0 Å².